The van der Waals surface area contributed by atoms with Gasteiger partial charge in [-0.25, -0.2) is 0 Å². The zero-order valence-electron chi connectivity index (χ0n) is 16.6. The number of rotatable bonds is 6. The third-order valence-electron chi connectivity index (χ3n) is 5.37. The number of hydrogen-bond acceptors (Lipinski definition) is 4. The minimum absolute atomic E-state index is 0.725. The fourth-order valence-electron chi connectivity index (χ4n) is 3.93. The Balaban J connectivity index is 1.51. The zero-order valence-corrected chi connectivity index (χ0v) is 16.6. The molecule has 0 N–H and O–H groups in total. The van der Waals surface area contributed by atoms with Gasteiger partial charge in [0, 0.05) is 49.0 Å². The fraction of sp³-hybridized carbons (Fsp3) is 0.115. The molecule has 0 unspecified atom stereocenters. The van der Waals surface area contributed by atoms with Gasteiger partial charge in [-0.1, -0.05) is 54.6 Å². The lowest BCUT2D eigenvalue weighted by Crippen LogP contribution is -2.24. The normalized spacial score (nSPS) is 11.4. The van der Waals surface area contributed by atoms with Crippen LogP contribution in [0.1, 0.15) is 17.1 Å². The number of nitrogens with zero attached hydrogens (tertiary/aromatic N) is 4. The second kappa shape index (κ2) is 8.39. The predicted molar refractivity (Wildman–Crippen MR) is 121 cm³/mol. The van der Waals surface area contributed by atoms with E-state index < -0.39 is 0 Å². The molecule has 4 heteroatoms. The lowest BCUT2D eigenvalue weighted by molar-refractivity contribution is 0.241. The number of benzene rings is 2. The van der Waals surface area contributed by atoms with Crippen molar-refractivity contribution in [2.45, 2.75) is 19.6 Å². The molecule has 0 bridgehead atoms. The Morgan fingerprint density at radius 3 is 1.63 bits per heavy atom. The molecule has 5 aromatic rings. The summed E-state index contributed by atoms with van der Waals surface area (Å²) in [5.41, 5.74) is 3.19. The molecule has 2 aromatic carbocycles. The third-order valence-corrected chi connectivity index (χ3v) is 5.37. The Bertz CT molecular complexity index is 1190. The Morgan fingerprint density at radius 1 is 0.500 bits per heavy atom. The minimum Gasteiger partial charge on any atom is -0.286 e. The zero-order chi connectivity index (χ0) is 20.2. The highest BCUT2D eigenvalue weighted by Gasteiger charge is 2.14. The van der Waals surface area contributed by atoms with Gasteiger partial charge in [0.15, 0.2) is 0 Å². The summed E-state index contributed by atoms with van der Waals surface area (Å²) in [5.74, 6) is 0. The first-order valence-electron chi connectivity index (χ1n) is 10.1. The fourth-order valence-corrected chi connectivity index (χ4v) is 3.93. The van der Waals surface area contributed by atoms with Crippen LogP contribution in [0.25, 0.3) is 21.5 Å². The van der Waals surface area contributed by atoms with Gasteiger partial charge in [-0.05, 0) is 35.0 Å². The minimum atomic E-state index is 0.725. The molecule has 0 radical (unpaired) electrons. The van der Waals surface area contributed by atoms with Crippen molar-refractivity contribution in [2.75, 3.05) is 0 Å². The van der Waals surface area contributed by atoms with Gasteiger partial charge in [0.1, 0.15) is 0 Å². The standard InChI is InChI=1S/C26H22N4/c1-3-10-23-20(7-1)12-15-28-25(23)18-30(17-22-9-5-6-14-27-22)19-26-24-11-4-2-8-21(24)13-16-29-26/h1-16H,17-19H2. The van der Waals surface area contributed by atoms with E-state index in [1.54, 1.807) is 0 Å². The molecule has 3 heterocycles. The monoisotopic (exact) mass is 390 g/mol. The Labute approximate surface area is 175 Å². The lowest BCUT2D eigenvalue weighted by atomic mass is 10.1. The maximum absolute atomic E-state index is 4.71. The summed E-state index contributed by atoms with van der Waals surface area (Å²) in [6, 6.07) is 27.0. The summed E-state index contributed by atoms with van der Waals surface area (Å²) >= 11 is 0. The number of pyridine rings is 3. The van der Waals surface area contributed by atoms with Crippen LogP contribution in [0.15, 0.2) is 97.5 Å². The lowest BCUT2D eigenvalue weighted by Gasteiger charge is -2.22. The molecule has 0 aliphatic rings. The highest BCUT2D eigenvalue weighted by Crippen LogP contribution is 2.22. The number of fused-ring (bicyclic) bond motifs is 2. The van der Waals surface area contributed by atoms with Crippen molar-refractivity contribution in [3.8, 4) is 0 Å². The SMILES string of the molecule is c1ccc(CN(Cc2nccc3ccccc23)Cc2nccc3ccccc23)nc1. The first-order valence-corrected chi connectivity index (χ1v) is 10.1. The first kappa shape index (κ1) is 18.4. The molecule has 0 fully saturated rings. The van der Waals surface area contributed by atoms with E-state index in [9.17, 15) is 0 Å². The van der Waals surface area contributed by atoms with Crippen molar-refractivity contribution in [3.63, 3.8) is 0 Å². The van der Waals surface area contributed by atoms with E-state index in [0.717, 1.165) is 36.7 Å². The van der Waals surface area contributed by atoms with Crippen molar-refractivity contribution in [3.05, 3.63) is 115 Å². The maximum atomic E-state index is 4.71. The van der Waals surface area contributed by atoms with Crippen molar-refractivity contribution < 1.29 is 0 Å². The van der Waals surface area contributed by atoms with E-state index in [2.05, 4.69) is 76.6 Å². The number of aromatic nitrogens is 3. The van der Waals surface area contributed by atoms with Crippen LogP contribution in [-0.4, -0.2) is 19.9 Å². The van der Waals surface area contributed by atoms with Gasteiger partial charge in [-0.15, -0.1) is 0 Å². The third kappa shape index (κ3) is 3.91. The largest absolute Gasteiger partial charge is 0.286 e. The molecule has 0 saturated heterocycles. The molecule has 0 aliphatic heterocycles. The predicted octanol–water partition coefficient (Wildman–Crippen LogP) is 5.38. The van der Waals surface area contributed by atoms with E-state index >= 15 is 0 Å². The van der Waals surface area contributed by atoms with Crippen LogP contribution in [0.5, 0.6) is 0 Å². The summed E-state index contributed by atoms with van der Waals surface area (Å²) < 4.78 is 0. The Kier molecular flexibility index (Phi) is 5.15. The van der Waals surface area contributed by atoms with Crippen molar-refractivity contribution in [1.82, 2.24) is 19.9 Å². The van der Waals surface area contributed by atoms with Crippen LogP contribution in [0.2, 0.25) is 0 Å². The van der Waals surface area contributed by atoms with Crippen LogP contribution in [0, 0.1) is 0 Å². The van der Waals surface area contributed by atoms with E-state index in [1.165, 1.54) is 21.5 Å². The molecule has 30 heavy (non-hydrogen) atoms. The highest BCUT2D eigenvalue weighted by molar-refractivity contribution is 5.85. The van der Waals surface area contributed by atoms with Gasteiger partial charge in [0.25, 0.3) is 0 Å². The summed E-state index contributed by atoms with van der Waals surface area (Å²) in [7, 11) is 0. The smallest absolute Gasteiger partial charge is 0.0622 e. The average molecular weight is 390 g/mol. The average Bonchev–Trinajstić information content (AvgIpc) is 2.80. The molecule has 146 valence electrons. The Morgan fingerprint density at radius 2 is 1.07 bits per heavy atom. The van der Waals surface area contributed by atoms with Gasteiger partial charge in [-0.3, -0.25) is 19.9 Å². The molecular formula is C26H22N4. The summed E-state index contributed by atoms with van der Waals surface area (Å²) in [5, 5.41) is 4.81. The Hall–Kier alpha value is -3.63. The summed E-state index contributed by atoms with van der Waals surface area (Å²) in [6.45, 7) is 2.18. The van der Waals surface area contributed by atoms with Gasteiger partial charge in [-0.2, -0.15) is 0 Å². The van der Waals surface area contributed by atoms with Crippen molar-refractivity contribution >= 4 is 21.5 Å². The first-order chi connectivity index (χ1) is 14.9. The topological polar surface area (TPSA) is 41.9 Å². The van der Waals surface area contributed by atoms with Crippen LogP contribution < -0.4 is 0 Å². The molecule has 0 amide bonds. The van der Waals surface area contributed by atoms with Gasteiger partial charge < -0.3 is 0 Å². The van der Waals surface area contributed by atoms with E-state index in [1.807, 2.05) is 30.7 Å². The quantitative estimate of drug-likeness (QED) is 0.390. The van der Waals surface area contributed by atoms with Crippen molar-refractivity contribution in [2.24, 2.45) is 0 Å². The van der Waals surface area contributed by atoms with E-state index in [-0.39, 0.29) is 0 Å². The summed E-state index contributed by atoms with van der Waals surface area (Å²) in [4.78, 5) is 16.3. The number of hydrogen-bond donors (Lipinski definition) is 0. The van der Waals surface area contributed by atoms with Gasteiger partial charge in [0.2, 0.25) is 0 Å². The molecule has 3 aromatic heterocycles. The van der Waals surface area contributed by atoms with Crippen molar-refractivity contribution in [1.29, 1.82) is 0 Å². The molecule has 4 nitrogen and oxygen atoms in total. The van der Waals surface area contributed by atoms with Gasteiger partial charge in [0.05, 0.1) is 17.1 Å². The van der Waals surface area contributed by atoms with Crippen LogP contribution in [0.4, 0.5) is 0 Å². The molecule has 0 atom stereocenters. The van der Waals surface area contributed by atoms with Crippen LogP contribution in [0.3, 0.4) is 0 Å². The second-order valence-corrected chi connectivity index (χ2v) is 7.42. The van der Waals surface area contributed by atoms with E-state index in [4.69, 9.17) is 9.97 Å². The highest BCUT2D eigenvalue weighted by atomic mass is 15.1. The van der Waals surface area contributed by atoms with Crippen LogP contribution in [-0.2, 0) is 19.6 Å². The maximum Gasteiger partial charge on any atom is 0.0622 e. The summed E-state index contributed by atoms with van der Waals surface area (Å²) in [6.07, 6.45) is 5.64. The molecule has 0 saturated carbocycles. The molecule has 5 rings (SSSR count). The van der Waals surface area contributed by atoms with E-state index in [0.29, 0.717) is 0 Å². The second-order valence-electron chi connectivity index (χ2n) is 7.42. The molecular weight excluding hydrogens is 368 g/mol. The van der Waals surface area contributed by atoms with Gasteiger partial charge >= 0.3 is 0 Å². The molecule has 0 spiro atoms. The molecule has 0 aliphatic carbocycles. The van der Waals surface area contributed by atoms with Crippen LogP contribution >= 0.6 is 0 Å².